The number of carboxylic acid groups (broad SMARTS) is 1. The molecule has 1 aliphatic heterocycles. The number of methoxy groups -OCH3 is 1. The Labute approximate surface area is 182 Å². The van der Waals surface area contributed by atoms with Gasteiger partial charge < -0.3 is 14.8 Å². The van der Waals surface area contributed by atoms with E-state index in [2.05, 4.69) is 40.2 Å². The third-order valence-electron chi connectivity index (χ3n) is 8.06. The predicted octanol–water partition coefficient (Wildman–Crippen LogP) is 5.24. The Morgan fingerprint density at radius 3 is 2.74 bits per heavy atom. The summed E-state index contributed by atoms with van der Waals surface area (Å²) in [5.74, 6) is 1.17. The van der Waals surface area contributed by atoms with Gasteiger partial charge in [-0.2, -0.15) is 0 Å². The Morgan fingerprint density at radius 2 is 2.03 bits per heavy atom. The molecule has 0 amide bonds. The van der Waals surface area contributed by atoms with Gasteiger partial charge in [0.1, 0.15) is 5.75 Å². The minimum atomic E-state index is -0.940. The maximum Gasteiger partial charge on any atom is 0.337 e. The van der Waals surface area contributed by atoms with Crippen LogP contribution in [0.2, 0.25) is 0 Å². The topological polar surface area (TPSA) is 65.6 Å². The van der Waals surface area contributed by atoms with Crippen LogP contribution in [0.4, 0.5) is 0 Å². The van der Waals surface area contributed by atoms with E-state index in [1.165, 1.54) is 31.2 Å². The first-order valence-corrected chi connectivity index (χ1v) is 11.3. The zero-order valence-electron chi connectivity index (χ0n) is 17.8. The molecule has 1 spiro atoms. The molecule has 2 N–H and O–H groups in total. The van der Waals surface area contributed by atoms with Crippen LogP contribution < -0.4 is 4.74 Å². The Hall–Kier alpha value is -2.79. The fraction of sp³-hybridized carbons (Fsp3) is 0.423. The summed E-state index contributed by atoms with van der Waals surface area (Å²) >= 11 is 0. The van der Waals surface area contributed by atoms with Crippen molar-refractivity contribution in [3.63, 3.8) is 0 Å². The molecule has 0 radical (unpaired) electrons. The van der Waals surface area contributed by atoms with E-state index < -0.39 is 5.97 Å². The van der Waals surface area contributed by atoms with Gasteiger partial charge in [-0.1, -0.05) is 30.3 Å². The van der Waals surface area contributed by atoms with Crippen molar-refractivity contribution in [3.05, 3.63) is 65.4 Å². The summed E-state index contributed by atoms with van der Waals surface area (Å²) in [6.45, 7) is 1.86. The molecule has 3 aromatic rings. The van der Waals surface area contributed by atoms with E-state index in [1.54, 1.807) is 13.2 Å². The average molecular weight is 417 g/mol. The number of carbonyl (C=O) groups is 1. The Balaban J connectivity index is 1.41. The lowest BCUT2D eigenvalue weighted by atomic mass is 9.89. The second kappa shape index (κ2) is 6.86. The van der Waals surface area contributed by atoms with Gasteiger partial charge in [-0.15, -0.1) is 0 Å². The summed E-state index contributed by atoms with van der Waals surface area (Å²) in [6, 6.07) is 15.0. The average Bonchev–Trinajstić information content (AvgIpc) is 3.08. The highest BCUT2D eigenvalue weighted by atomic mass is 16.5. The number of aromatic amines is 1. The van der Waals surface area contributed by atoms with Gasteiger partial charge >= 0.3 is 5.97 Å². The summed E-state index contributed by atoms with van der Waals surface area (Å²) < 4.78 is 5.70. The molecular formula is C26H28N2O3. The molecule has 3 unspecified atom stereocenters. The molecule has 6 rings (SSSR count). The molecule has 31 heavy (non-hydrogen) atoms. The number of benzene rings is 2. The molecule has 2 aromatic carbocycles. The predicted molar refractivity (Wildman–Crippen MR) is 119 cm³/mol. The number of aromatic carboxylic acids is 1. The number of nitrogens with zero attached hydrogens (tertiary/aromatic N) is 1. The van der Waals surface area contributed by atoms with Gasteiger partial charge in [-0.05, 0) is 60.6 Å². The number of carboxylic acids is 1. The Kier molecular flexibility index (Phi) is 4.19. The van der Waals surface area contributed by atoms with E-state index in [1.807, 2.05) is 12.3 Å². The molecule has 1 aromatic heterocycles. The second-order valence-electron chi connectivity index (χ2n) is 9.79. The molecule has 5 nitrogen and oxygen atoms in total. The highest BCUT2D eigenvalue weighted by Gasteiger charge is 2.58. The van der Waals surface area contributed by atoms with Crippen LogP contribution in [-0.4, -0.2) is 34.6 Å². The molecule has 3 atom stereocenters. The first-order chi connectivity index (χ1) is 15.1. The number of hydrogen-bond donors (Lipinski definition) is 2. The third-order valence-corrected chi connectivity index (χ3v) is 8.06. The summed E-state index contributed by atoms with van der Waals surface area (Å²) in [5.41, 5.74) is 4.05. The zero-order chi connectivity index (χ0) is 21.2. The minimum absolute atomic E-state index is 0.258. The number of rotatable bonds is 5. The number of hydrogen-bond acceptors (Lipinski definition) is 3. The molecule has 160 valence electrons. The number of likely N-dealkylation sites (tertiary alicyclic amines) is 1. The maximum atomic E-state index is 11.8. The van der Waals surface area contributed by atoms with Crippen molar-refractivity contribution in [2.45, 2.75) is 38.3 Å². The summed E-state index contributed by atoms with van der Waals surface area (Å²) in [7, 11) is 1.63. The Bertz CT molecular complexity index is 1150. The second-order valence-corrected chi connectivity index (χ2v) is 9.79. The Morgan fingerprint density at radius 1 is 1.23 bits per heavy atom. The zero-order valence-corrected chi connectivity index (χ0v) is 17.8. The minimum Gasteiger partial charge on any atom is -0.496 e. The van der Waals surface area contributed by atoms with Gasteiger partial charge in [0.25, 0.3) is 0 Å². The van der Waals surface area contributed by atoms with Crippen molar-refractivity contribution in [1.82, 2.24) is 9.88 Å². The summed E-state index contributed by atoms with van der Waals surface area (Å²) in [4.78, 5) is 17.5. The highest BCUT2D eigenvalue weighted by molar-refractivity contribution is 6.04. The van der Waals surface area contributed by atoms with Crippen LogP contribution in [0.3, 0.4) is 0 Å². The van der Waals surface area contributed by atoms with Crippen LogP contribution in [0.5, 0.6) is 5.75 Å². The fourth-order valence-corrected chi connectivity index (χ4v) is 6.55. The fourth-order valence-electron chi connectivity index (χ4n) is 6.55. The number of fused-ring (bicyclic) bond motifs is 2. The molecule has 2 saturated carbocycles. The molecule has 3 aliphatic rings. The third kappa shape index (κ3) is 2.98. The summed E-state index contributed by atoms with van der Waals surface area (Å²) in [6.07, 6.45) is 7.37. The van der Waals surface area contributed by atoms with Crippen LogP contribution in [-0.2, 0) is 6.54 Å². The van der Waals surface area contributed by atoms with E-state index >= 15 is 0 Å². The molecule has 5 heteroatoms. The lowest BCUT2D eigenvalue weighted by molar-refractivity contribution is 0.0698. The van der Waals surface area contributed by atoms with Crippen LogP contribution in [0.15, 0.2) is 48.7 Å². The lowest BCUT2D eigenvalue weighted by Gasteiger charge is -2.30. The first kappa shape index (κ1) is 18.9. The summed E-state index contributed by atoms with van der Waals surface area (Å²) in [5, 5.41) is 10.6. The van der Waals surface area contributed by atoms with Gasteiger partial charge in [0.15, 0.2) is 0 Å². The first-order valence-electron chi connectivity index (χ1n) is 11.3. The number of ether oxygens (including phenoxy) is 1. The largest absolute Gasteiger partial charge is 0.496 e. The lowest BCUT2D eigenvalue weighted by Crippen LogP contribution is -2.27. The van der Waals surface area contributed by atoms with Gasteiger partial charge in [-0.25, -0.2) is 4.79 Å². The van der Waals surface area contributed by atoms with Crippen molar-refractivity contribution in [2.75, 3.05) is 13.7 Å². The molecule has 1 saturated heterocycles. The van der Waals surface area contributed by atoms with Crippen molar-refractivity contribution in [2.24, 2.45) is 17.3 Å². The van der Waals surface area contributed by atoms with E-state index in [9.17, 15) is 9.90 Å². The van der Waals surface area contributed by atoms with E-state index in [0.29, 0.717) is 28.6 Å². The van der Waals surface area contributed by atoms with Crippen molar-refractivity contribution < 1.29 is 14.6 Å². The molecule has 2 heterocycles. The quantitative estimate of drug-likeness (QED) is 0.597. The van der Waals surface area contributed by atoms with E-state index in [-0.39, 0.29) is 5.56 Å². The van der Waals surface area contributed by atoms with Crippen LogP contribution in [0.1, 0.15) is 53.2 Å². The van der Waals surface area contributed by atoms with Crippen LogP contribution in [0, 0.1) is 17.3 Å². The van der Waals surface area contributed by atoms with Gasteiger partial charge in [0.05, 0.1) is 18.2 Å². The van der Waals surface area contributed by atoms with Gasteiger partial charge in [0.2, 0.25) is 0 Å². The standard InChI is InChI=1S/C26H28N2O3/c1-31-22-11-19(25(29)30)23-18(7-10-27-23)21(22)15-28-14-17-12-26(8-9-26)13-20(17)24(28)16-5-3-2-4-6-16/h2-7,10-11,17,20,24,27H,8-9,12-15H2,1H3,(H,29,30). The molecule has 3 fully saturated rings. The molecule has 2 aliphatic carbocycles. The van der Waals surface area contributed by atoms with Crippen LogP contribution in [0.25, 0.3) is 10.9 Å². The van der Waals surface area contributed by atoms with Crippen molar-refractivity contribution in [1.29, 1.82) is 0 Å². The van der Waals surface area contributed by atoms with E-state index in [4.69, 9.17) is 4.74 Å². The smallest absolute Gasteiger partial charge is 0.337 e. The maximum absolute atomic E-state index is 11.8. The number of aromatic nitrogens is 1. The van der Waals surface area contributed by atoms with Crippen molar-refractivity contribution in [3.8, 4) is 5.75 Å². The normalized spacial score (nSPS) is 26.4. The molecular weight excluding hydrogens is 388 g/mol. The van der Waals surface area contributed by atoms with E-state index in [0.717, 1.165) is 30.0 Å². The number of nitrogens with one attached hydrogen (secondary N) is 1. The van der Waals surface area contributed by atoms with Gasteiger partial charge in [-0.3, -0.25) is 4.90 Å². The molecule has 0 bridgehead atoms. The highest BCUT2D eigenvalue weighted by Crippen LogP contribution is 2.66. The van der Waals surface area contributed by atoms with Gasteiger partial charge in [0, 0.05) is 36.3 Å². The monoisotopic (exact) mass is 416 g/mol. The van der Waals surface area contributed by atoms with Crippen molar-refractivity contribution >= 4 is 16.9 Å². The SMILES string of the molecule is COc1cc(C(=O)O)c2[nH]ccc2c1CN1CC2CC3(CC3)CC2C1c1ccccc1. The van der Waals surface area contributed by atoms with Crippen LogP contribution >= 0.6 is 0 Å². The number of H-pyrrole nitrogens is 1.